The second-order valence-electron chi connectivity index (χ2n) is 3.30. The van der Waals surface area contributed by atoms with Gasteiger partial charge in [-0.25, -0.2) is 4.79 Å². The first kappa shape index (κ1) is 11.5. The van der Waals surface area contributed by atoms with E-state index < -0.39 is 6.09 Å². The summed E-state index contributed by atoms with van der Waals surface area (Å²) in [6.07, 6.45) is -0.635. The maximum Gasteiger partial charge on any atom is 0.434 e. The zero-order chi connectivity index (χ0) is 12.1. The van der Waals surface area contributed by atoms with Crippen molar-refractivity contribution in [2.45, 2.75) is 0 Å². The van der Waals surface area contributed by atoms with E-state index in [2.05, 4.69) is 0 Å². The Morgan fingerprint density at radius 3 is 2.06 bits per heavy atom. The third kappa shape index (κ3) is 2.98. The predicted octanol–water partition coefficient (Wildman–Crippen LogP) is 3.85. The minimum absolute atomic E-state index is 0.457. The van der Waals surface area contributed by atoms with Crippen molar-refractivity contribution < 1.29 is 9.53 Å². The van der Waals surface area contributed by atoms with Crippen molar-refractivity contribution in [1.29, 1.82) is 0 Å². The molecule has 4 heteroatoms. The molecule has 3 nitrogen and oxygen atoms in total. The highest BCUT2D eigenvalue weighted by Crippen LogP contribution is 2.18. The Balaban J connectivity index is 2.06. The molecule has 86 valence electrons. The molecule has 1 amide bonds. The largest absolute Gasteiger partial charge is 0.434 e. The summed E-state index contributed by atoms with van der Waals surface area (Å²) in [5.41, 5.74) is 0.565. The fraction of sp³-hybridized carbons (Fsp3) is 0. The van der Waals surface area contributed by atoms with Gasteiger partial charge in [0.15, 0.2) is 0 Å². The minimum Gasteiger partial charge on any atom is -0.409 e. The fourth-order valence-corrected chi connectivity index (χ4v) is 1.44. The zero-order valence-electron chi connectivity index (χ0n) is 8.92. The molecule has 0 fully saturated rings. The van der Waals surface area contributed by atoms with E-state index in [-0.39, 0.29) is 0 Å². The monoisotopic (exact) mass is 247 g/mol. The standard InChI is InChI=1S/C13H10ClNO2/c14-15(11-7-3-1-4-8-11)13(16)17-12-9-5-2-6-10-12/h1-10H. The molecule has 0 aliphatic rings. The van der Waals surface area contributed by atoms with E-state index in [1.54, 1.807) is 48.5 Å². The van der Waals surface area contributed by atoms with Crippen LogP contribution in [0.2, 0.25) is 0 Å². The van der Waals surface area contributed by atoms with Crippen LogP contribution in [0.5, 0.6) is 5.75 Å². The lowest BCUT2D eigenvalue weighted by Gasteiger charge is -2.13. The Hall–Kier alpha value is -2.00. The number of hydrogen-bond donors (Lipinski definition) is 0. The number of hydrogen-bond acceptors (Lipinski definition) is 2. The molecule has 0 aliphatic heterocycles. The number of ether oxygens (including phenoxy) is 1. The number of rotatable bonds is 2. The number of para-hydroxylation sites is 2. The van der Waals surface area contributed by atoms with Crippen LogP contribution in [0.25, 0.3) is 0 Å². The lowest BCUT2D eigenvalue weighted by atomic mass is 10.3. The van der Waals surface area contributed by atoms with Crippen molar-refractivity contribution in [2.75, 3.05) is 4.42 Å². The van der Waals surface area contributed by atoms with Crippen LogP contribution in [0.1, 0.15) is 0 Å². The van der Waals surface area contributed by atoms with Gasteiger partial charge in [-0.05, 0) is 24.3 Å². The first-order valence-corrected chi connectivity index (χ1v) is 5.39. The Morgan fingerprint density at radius 1 is 0.941 bits per heavy atom. The van der Waals surface area contributed by atoms with Gasteiger partial charge < -0.3 is 4.74 Å². The third-order valence-electron chi connectivity index (χ3n) is 2.09. The minimum atomic E-state index is -0.635. The summed E-state index contributed by atoms with van der Waals surface area (Å²) in [6.45, 7) is 0. The highest BCUT2D eigenvalue weighted by Gasteiger charge is 2.15. The number of anilines is 1. The highest BCUT2D eigenvalue weighted by atomic mass is 35.5. The van der Waals surface area contributed by atoms with Crippen molar-refractivity contribution in [3.8, 4) is 5.75 Å². The van der Waals surface area contributed by atoms with E-state index in [9.17, 15) is 4.79 Å². The lowest BCUT2D eigenvalue weighted by molar-refractivity contribution is 0.212. The molecule has 2 rings (SSSR count). The van der Waals surface area contributed by atoms with E-state index in [4.69, 9.17) is 16.5 Å². The molecule has 2 aromatic carbocycles. The van der Waals surface area contributed by atoms with Gasteiger partial charge in [0.05, 0.1) is 5.69 Å². The van der Waals surface area contributed by atoms with Crippen LogP contribution in [0.3, 0.4) is 0 Å². The second-order valence-corrected chi connectivity index (χ2v) is 3.64. The van der Waals surface area contributed by atoms with Crippen molar-refractivity contribution in [3.63, 3.8) is 0 Å². The van der Waals surface area contributed by atoms with E-state index in [0.717, 1.165) is 4.42 Å². The number of nitrogens with zero attached hydrogens (tertiary/aromatic N) is 1. The summed E-state index contributed by atoms with van der Waals surface area (Å²) < 4.78 is 6.02. The molecule has 0 saturated carbocycles. The van der Waals surface area contributed by atoms with E-state index in [1.807, 2.05) is 12.1 Å². The maximum atomic E-state index is 11.7. The van der Waals surface area contributed by atoms with Crippen LogP contribution in [0.4, 0.5) is 10.5 Å². The number of carbonyl (C=O) groups excluding carboxylic acids is 1. The summed E-state index contributed by atoms with van der Waals surface area (Å²) in [5.74, 6) is 0.457. The van der Waals surface area contributed by atoms with Gasteiger partial charge in [0.2, 0.25) is 0 Å². The highest BCUT2D eigenvalue weighted by molar-refractivity contribution is 6.35. The van der Waals surface area contributed by atoms with E-state index in [0.29, 0.717) is 11.4 Å². The normalized spacial score (nSPS) is 9.71. The molecule has 0 bridgehead atoms. The molecular formula is C13H10ClNO2. The summed E-state index contributed by atoms with van der Waals surface area (Å²) in [5, 5.41) is 0. The zero-order valence-corrected chi connectivity index (χ0v) is 9.67. The van der Waals surface area contributed by atoms with Gasteiger partial charge in [0.25, 0.3) is 0 Å². The van der Waals surface area contributed by atoms with Gasteiger partial charge >= 0.3 is 6.09 Å². The van der Waals surface area contributed by atoms with Gasteiger partial charge in [-0.1, -0.05) is 36.4 Å². The summed E-state index contributed by atoms with van der Waals surface area (Å²) in [6, 6.07) is 17.7. The van der Waals surface area contributed by atoms with Crippen LogP contribution in [0, 0.1) is 0 Å². The van der Waals surface area contributed by atoms with Crippen molar-refractivity contribution in [2.24, 2.45) is 0 Å². The Kier molecular flexibility index (Phi) is 3.62. The van der Waals surface area contributed by atoms with Crippen LogP contribution in [0.15, 0.2) is 60.7 Å². The first-order valence-electron chi connectivity index (χ1n) is 5.05. The molecule has 0 radical (unpaired) electrons. The molecule has 0 unspecified atom stereocenters. The maximum absolute atomic E-state index is 11.7. The average Bonchev–Trinajstić information content (AvgIpc) is 2.40. The quantitative estimate of drug-likeness (QED) is 0.755. The topological polar surface area (TPSA) is 29.5 Å². The van der Waals surface area contributed by atoms with Gasteiger partial charge in [0, 0.05) is 11.8 Å². The Bertz CT molecular complexity index is 487. The lowest BCUT2D eigenvalue weighted by Crippen LogP contribution is -2.24. The van der Waals surface area contributed by atoms with Crippen molar-refractivity contribution in [3.05, 3.63) is 60.7 Å². The van der Waals surface area contributed by atoms with Crippen molar-refractivity contribution >= 4 is 23.6 Å². The molecule has 0 N–H and O–H groups in total. The summed E-state index contributed by atoms with van der Waals surface area (Å²) in [4.78, 5) is 11.7. The number of halogens is 1. The third-order valence-corrected chi connectivity index (χ3v) is 2.42. The van der Waals surface area contributed by atoms with Crippen LogP contribution in [-0.2, 0) is 0 Å². The molecule has 0 aliphatic carbocycles. The predicted molar refractivity (Wildman–Crippen MR) is 67.2 cm³/mol. The van der Waals surface area contributed by atoms with Gasteiger partial charge in [-0.3, -0.25) is 0 Å². The SMILES string of the molecule is O=C(Oc1ccccc1)N(Cl)c1ccccc1. The first-order chi connectivity index (χ1) is 8.27. The van der Waals surface area contributed by atoms with Crippen LogP contribution < -0.4 is 9.16 Å². The van der Waals surface area contributed by atoms with E-state index >= 15 is 0 Å². The Morgan fingerprint density at radius 2 is 1.47 bits per heavy atom. The molecule has 0 aromatic heterocycles. The molecule has 0 atom stereocenters. The van der Waals surface area contributed by atoms with Gasteiger partial charge in [0.1, 0.15) is 5.75 Å². The molecule has 17 heavy (non-hydrogen) atoms. The van der Waals surface area contributed by atoms with Crippen LogP contribution in [-0.4, -0.2) is 6.09 Å². The molecular weight excluding hydrogens is 238 g/mol. The molecule has 0 heterocycles. The molecule has 0 saturated heterocycles. The number of amides is 1. The molecule has 0 spiro atoms. The van der Waals surface area contributed by atoms with Crippen molar-refractivity contribution in [1.82, 2.24) is 0 Å². The smallest absolute Gasteiger partial charge is 0.409 e. The average molecular weight is 248 g/mol. The second kappa shape index (κ2) is 5.37. The fourth-order valence-electron chi connectivity index (χ4n) is 1.29. The number of benzene rings is 2. The summed E-state index contributed by atoms with van der Waals surface area (Å²) >= 11 is 5.87. The summed E-state index contributed by atoms with van der Waals surface area (Å²) in [7, 11) is 0. The van der Waals surface area contributed by atoms with Gasteiger partial charge in [-0.2, -0.15) is 4.42 Å². The van der Waals surface area contributed by atoms with E-state index in [1.165, 1.54) is 0 Å². The van der Waals surface area contributed by atoms with Gasteiger partial charge in [-0.15, -0.1) is 0 Å². The van der Waals surface area contributed by atoms with Crippen LogP contribution >= 0.6 is 11.8 Å². The molecule has 2 aromatic rings. The number of carbonyl (C=O) groups is 1. The Labute approximate surface area is 104 Å².